The van der Waals surface area contributed by atoms with E-state index in [0.29, 0.717) is 5.16 Å². The Hall–Kier alpha value is -1.34. The summed E-state index contributed by atoms with van der Waals surface area (Å²) in [6.07, 6.45) is 2.17. The lowest BCUT2D eigenvalue weighted by Crippen LogP contribution is -2.15. The number of rotatable bonds is 5. The fourth-order valence-corrected chi connectivity index (χ4v) is 3.43. The Morgan fingerprint density at radius 2 is 2.37 bits per heavy atom. The highest BCUT2D eigenvalue weighted by Crippen LogP contribution is 2.47. The summed E-state index contributed by atoms with van der Waals surface area (Å²) in [5, 5.41) is 19.9. The van der Waals surface area contributed by atoms with Gasteiger partial charge in [-0.2, -0.15) is 0 Å². The lowest BCUT2D eigenvalue weighted by molar-refractivity contribution is -0.133. The van der Waals surface area contributed by atoms with Gasteiger partial charge in [-0.3, -0.25) is 9.36 Å². The second-order valence-electron chi connectivity index (χ2n) is 4.80. The van der Waals surface area contributed by atoms with Gasteiger partial charge in [0.2, 0.25) is 0 Å². The molecule has 100 valence electrons. The number of carboxylic acids is 1. The monoisotopic (exact) mass is 295 g/mol. The van der Waals surface area contributed by atoms with Gasteiger partial charge in [0.15, 0.2) is 11.0 Å². The predicted octanol–water partition coefficient (Wildman–Crippen LogP) is 2.69. The van der Waals surface area contributed by atoms with Crippen LogP contribution in [0.2, 0.25) is 0 Å². The van der Waals surface area contributed by atoms with Crippen molar-refractivity contribution in [2.45, 2.75) is 30.5 Å². The van der Waals surface area contributed by atoms with Gasteiger partial charge in [0.05, 0.1) is 10.6 Å². The molecule has 0 radical (unpaired) electrons. The molecule has 19 heavy (non-hydrogen) atoms. The van der Waals surface area contributed by atoms with Crippen LogP contribution < -0.4 is 0 Å². The van der Waals surface area contributed by atoms with Crippen molar-refractivity contribution in [1.29, 1.82) is 0 Å². The van der Waals surface area contributed by atoms with Crippen LogP contribution in [0.1, 0.15) is 19.8 Å². The van der Waals surface area contributed by atoms with Crippen molar-refractivity contribution in [3.05, 3.63) is 17.5 Å². The van der Waals surface area contributed by atoms with Gasteiger partial charge in [0, 0.05) is 5.54 Å². The van der Waals surface area contributed by atoms with Crippen molar-refractivity contribution < 1.29 is 9.90 Å². The van der Waals surface area contributed by atoms with E-state index in [-0.39, 0.29) is 11.3 Å². The van der Waals surface area contributed by atoms with Gasteiger partial charge in [-0.15, -0.1) is 21.5 Å². The first-order valence-corrected chi connectivity index (χ1v) is 7.81. The van der Waals surface area contributed by atoms with Gasteiger partial charge in [-0.05, 0) is 31.2 Å². The minimum atomic E-state index is -0.835. The standard InChI is InChI=1S/C12H13N3O2S2/c1-12(4-5-12)15-10(8-3-2-6-18-8)13-14-11(15)19-7-9(16)17/h2-3,6H,4-5,7H2,1H3,(H,16,17). The van der Waals surface area contributed by atoms with Crippen molar-refractivity contribution in [1.82, 2.24) is 14.8 Å². The van der Waals surface area contributed by atoms with Crippen LogP contribution in [-0.2, 0) is 10.3 Å². The molecule has 7 heteroatoms. The molecule has 0 aliphatic heterocycles. The molecule has 2 aromatic rings. The molecule has 3 rings (SSSR count). The van der Waals surface area contributed by atoms with E-state index in [1.54, 1.807) is 11.3 Å². The van der Waals surface area contributed by atoms with Crippen LogP contribution in [0, 0.1) is 0 Å². The van der Waals surface area contributed by atoms with E-state index in [9.17, 15) is 4.79 Å². The molecule has 0 aromatic carbocycles. The largest absolute Gasteiger partial charge is 0.481 e. The van der Waals surface area contributed by atoms with E-state index in [1.807, 2.05) is 17.5 Å². The number of aromatic nitrogens is 3. The Morgan fingerprint density at radius 3 is 2.95 bits per heavy atom. The molecule has 2 heterocycles. The topological polar surface area (TPSA) is 68.0 Å². The van der Waals surface area contributed by atoms with Crippen LogP contribution >= 0.6 is 23.1 Å². The third kappa shape index (κ3) is 2.40. The normalized spacial score (nSPS) is 16.5. The van der Waals surface area contributed by atoms with Gasteiger partial charge in [0.25, 0.3) is 0 Å². The van der Waals surface area contributed by atoms with Gasteiger partial charge < -0.3 is 5.11 Å². The highest BCUT2D eigenvalue weighted by Gasteiger charge is 2.43. The molecule has 1 fully saturated rings. The zero-order valence-corrected chi connectivity index (χ0v) is 12.0. The predicted molar refractivity (Wildman–Crippen MR) is 74.6 cm³/mol. The summed E-state index contributed by atoms with van der Waals surface area (Å²) in [6.45, 7) is 2.16. The zero-order valence-electron chi connectivity index (χ0n) is 10.4. The van der Waals surface area contributed by atoms with Gasteiger partial charge in [-0.1, -0.05) is 17.8 Å². The summed E-state index contributed by atoms with van der Waals surface area (Å²) in [4.78, 5) is 11.8. The average molecular weight is 295 g/mol. The molecule has 1 aliphatic rings. The molecule has 0 unspecified atom stereocenters. The molecule has 2 aromatic heterocycles. The van der Waals surface area contributed by atoms with E-state index in [1.165, 1.54) is 11.8 Å². The number of hydrogen-bond donors (Lipinski definition) is 1. The summed E-state index contributed by atoms with van der Waals surface area (Å²) in [7, 11) is 0. The van der Waals surface area contributed by atoms with E-state index >= 15 is 0 Å². The van der Waals surface area contributed by atoms with Crippen molar-refractivity contribution >= 4 is 29.1 Å². The van der Waals surface area contributed by atoms with Crippen LogP contribution in [0.25, 0.3) is 10.7 Å². The molecule has 0 saturated heterocycles. The maximum absolute atomic E-state index is 10.7. The lowest BCUT2D eigenvalue weighted by Gasteiger charge is -2.15. The second kappa shape index (κ2) is 4.64. The Labute approximate surface area is 118 Å². The fraction of sp³-hybridized carbons (Fsp3) is 0.417. The highest BCUT2D eigenvalue weighted by atomic mass is 32.2. The first kappa shape index (κ1) is 12.7. The van der Waals surface area contributed by atoms with E-state index in [2.05, 4.69) is 21.7 Å². The number of nitrogens with zero attached hydrogens (tertiary/aromatic N) is 3. The SMILES string of the molecule is CC1(n2c(SCC(=O)O)nnc2-c2cccs2)CC1. The molecule has 0 bridgehead atoms. The molecule has 0 atom stereocenters. The molecule has 0 amide bonds. The minimum absolute atomic E-state index is 0.0126. The van der Waals surface area contributed by atoms with Crippen molar-refractivity contribution in [2.24, 2.45) is 0 Å². The second-order valence-corrected chi connectivity index (χ2v) is 6.69. The van der Waals surface area contributed by atoms with Crippen molar-refractivity contribution in [2.75, 3.05) is 5.75 Å². The van der Waals surface area contributed by atoms with Gasteiger partial charge in [0.1, 0.15) is 0 Å². The Bertz CT molecular complexity index is 603. The van der Waals surface area contributed by atoms with Crippen LogP contribution in [-0.4, -0.2) is 31.6 Å². The van der Waals surface area contributed by atoms with Crippen LogP contribution in [0.4, 0.5) is 0 Å². The maximum Gasteiger partial charge on any atom is 0.313 e. The fourth-order valence-electron chi connectivity index (χ4n) is 1.95. The maximum atomic E-state index is 10.7. The van der Waals surface area contributed by atoms with Crippen molar-refractivity contribution in [3.8, 4) is 10.7 Å². The number of carboxylic acid groups (broad SMARTS) is 1. The van der Waals surface area contributed by atoms with Crippen LogP contribution in [0.3, 0.4) is 0 Å². The molecule has 0 spiro atoms. The number of hydrogen-bond acceptors (Lipinski definition) is 5. The third-order valence-corrected chi connectivity index (χ3v) is 4.99. The first-order valence-electron chi connectivity index (χ1n) is 5.94. The van der Waals surface area contributed by atoms with Gasteiger partial charge >= 0.3 is 5.97 Å². The van der Waals surface area contributed by atoms with E-state index in [4.69, 9.17) is 5.11 Å². The molecular formula is C12H13N3O2S2. The first-order chi connectivity index (χ1) is 9.10. The third-order valence-electron chi connectivity index (χ3n) is 3.21. The summed E-state index contributed by atoms with van der Waals surface area (Å²) in [6, 6.07) is 4.00. The summed E-state index contributed by atoms with van der Waals surface area (Å²) in [5.74, 6) is 0.0274. The number of thioether (sulfide) groups is 1. The minimum Gasteiger partial charge on any atom is -0.481 e. The smallest absolute Gasteiger partial charge is 0.313 e. The number of thiophene rings is 1. The summed E-state index contributed by atoms with van der Waals surface area (Å²) in [5.41, 5.74) is 0.0453. The Balaban J connectivity index is 1.99. The quantitative estimate of drug-likeness (QED) is 0.859. The average Bonchev–Trinajstić information content (AvgIpc) is 2.88. The van der Waals surface area contributed by atoms with Crippen LogP contribution in [0.5, 0.6) is 0 Å². The highest BCUT2D eigenvalue weighted by molar-refractivity contribution is 7.99. The van der Waals surface area contributed by atoms with E-state index in [0.717, 1.165) is 23.5 Å². The molecule has 1 saturated carbocycles. The number of aliphatic carboxylic acids is 1. The Kier molecular flexibility index (Phi) is 3.10. The molecule has 1 aliphatic carbocycles. The lowest BCUT2D eigenvalue weighted by atomic mass is 10.3. The van der Waals surface area contributed by atoms with E-state index < -0.39 is 5.97 Å². The van der Waals surface area contributed by atoms with Crippen molar-refractivity contribution in [3.63, 3.8) is 0 Å². The van der Waals surface area contributed by atoms with Gasteiger partial charge in [-0.25, -0.2) is 0 Å². The number of carbonyl (C=O) groups is 1. The molecular weight excluding hydrogens is 282 g/mol. The van der Waals surface area contributed by atoms with Crippen LogP contribution in [0.15, 0.2) is 22.7 Å². The molecule has 5 nitrogen and oxygen atoms in total. The summed E-state index contributed by atoms with van der Waals surface area (Å²) < 4.78 is 2.10. The zero-order chi connectivity index (χ0) is 13.5. The Morgan fingerprint density at radius 1 is 1.58 bits per heavy atom. The molecule has 1 N–H and O–H groups in total. The summed E-state index contributed by atoms with van der Waals surface area (Å²) >= 11 is 2.86.